The number of nitrogen functional groups attached to an aromatic ring is 1. The summed E-state index contributed by atoms with van der Waals surface area (Å²) in [4.78, 5) is 28.7. The van der Waals surface area contributed by atoms with Gasteiger partial charge in [0.1, 0.15) is 17.5 Å². The van der Waals surface area contributed by atoms with Crippen LogP contribution >= 0.6 is 11.3 Å². The molecule has 0 aliphatic rings. The molecule has 9 nitrogen and oxygen atoms in total. The van der Waals surface area contributed by atoms with Crippen LogP contribution in [0.15, 0.2) is 72.9 Å². The Morgan fingerprint density at radius 2 is 1.80 bits per heavy atom. The van der Waals surface area contributed by atoms with Crippen LogP contribution in [0.3, 0.4) is 0 Å². The standard InChI is InChI=1S/C31H29F3N8OS/c1-42(2)14-4-12-36-25-10-8-21(17-24(25)34)39-31-37-13-11-26(40-31)28-27(41-30(35)44-28)18-5-3-6-20(15-18)38-29(43)22-16-19(32)7-9-23(22)33/h3,5-11,13,15-17,36H,4,12,14H2,1-2H3,(H2,35,41)(H,38,43)(H,37,39,40). The zero-order valence-corrected chi connectivity index (χ0v) is 24.7. The number of benzene rings is 3. The van der Waals surface area contributed by atoms with Gasteiger partial charge in [0, 0.05) is 29.7 Å². The molecule has 0 saturated carbocycles. The number of anilines is 5. The topological polar surface area (TPSA) is 121 Å². The number of nitrogens with one attached hydrogen (secondary N) is 3. The molecule has 44 heavy (non-hydrogen) atoms. The van der Waals surface area contributed by atoms with E-state index in [1.807, 2.05) is 14.1 Å². The first-order chi connectivity index (χ1) is 21.2. The summed E-state index contributed by atoms with van der Waals surface area (Å²) < 4.78 is 42.4. The smallest absolute Gasteiger partial charge is 0.258 e. The van der Waals surface area contributed by atoms with Gasteiger partial charge in [0.25, 0.3) is 5.91 Å². The van der Waals surface area contributed by atoms with Crippen LogP contribution in [0.1, 0.15) is 16.8 Å². The van der Waals surface area contributed by atoms with Crippen LogP contribution < -0.4 is 21.7 Å². The fourth-order valence-corrected chi connectivity index (χ4v) is 5.17. The van der Waals surface area contributed by atoms with E-state index >= 15 is 0 Å². The number of amides is 1. The number of carbonyl (C=O) groups excluding carboxylic acids is 1. The molecule has 0 fully saturated rings. The molecule has 5 rings (SSSR count). The van der Waals surface area contributed by atoms with Crippen LogP contribution in [0.25, 0.3) is 21.8 Å². The Morgan fingerprint density at radius 1 is 0.955 bits per heavy atom. The summed E-state index contributed by atoms with van der Waals surface area (Å²) in [7, 11) is 3.98. The molecule has 0 saturated heterocycles. The Hall–Kier alpha value is -5.01. The first kappa shape index (κ1) is 30.4. The van der Waals surface area contributed by atoms with Gasteiger partial charge in [-0.15, -0.1) is 0 Å². The molecule has 226 valence electrons. The van der Waals surface area contributed by atoms with Crippen LogP contribution in [0.2, 0.25) is 0 Å². The van der Waals surface area contributed by atoms with Crippen molar-refractivity contribution in [3.63, 3.8) is 0 Å². The highest BCUT2D eigenvalue weighted by atomic mass is 32.1. The van der Waals surface area contributed by atoms with Crippen molar-refractivity contribution in [3.8, 4) is 21.8 Å². The molecule has 3 aromatic carbocycles. The average molecular weight is 619 g/mol. The molecule has 0 spiro atoms. The first-order valence-corrected chi connectivity index (χ1v) is 14.4. The van der Waals surface area contributed by atoms with Crippen molar-refractivity contribution < 1.29 is 18.0 Å². The van der Waals surface area contributed by atoms with Crippen molar-refractivity contribution in [2.24, 2.45) is 0 Å². The number of nitrogens with zero attached hydrogens (tertiary/aromatic N) is 4. The second-order valence-electron chi connectivity index (χ2n) is 10.1. The first-order valence-electron chi connectivity index (χ1n) is 13.6. The second-order valence-corrected chi connectivity index (χ2v) is 11.1. The lowest BCUT2D eigenvalue weighted by Gasteiger charge is -2.12. The summed E-state index contributed by atoms with van der Waals surface area (Å²) >= 11 is 1.21. The third kappa shape index (κ3) is 7.49. The van der Waals surface area contributed by atoms with E-state index in [0.29, 0.717) is 45.4 Å². The van der Waals surface area contributed by atoms with Crippen LogP contribution in [0, 0.1) is 17.5 Å². The summed E-state index contributed by atoms with van der Waals surface area (Å²) in [6, 6.07) is 15.9. The molecular weight excluding hydrogens is 589 g/mol. The molecule has 5 aromatic rings. The van der Waals surface area contributed by atoms with E-state index < -0.39 is 28.9 Å². The van der Waals surface area contributed by atoms with E-state index in [9.17, 15) is 18.0 Å². The maximum Gasteiger partial charge on any atom is 0.258 e. The van der Waals surface area contributed by atoms with Crippen molar-refractivity contribution in [1.29, 1.82) is 0 Å². The normalized spacial score (nSPS) is 11.0. The largest absolute Gasteiger partial charge is 0.383 e. The summed E-state index contributed by atoms with van der Waals surface area (Å²) in [5.74, 6) is -2.52. The van der Waals surface area contributed by atoms with Crippen LogP contribution in [-0.2, 0) is 0 Å². The van der Waals surface area contributed by atoms with Gasteiger partial charge in [0.2, 0.25) is 5.95 Å². The van der Waals surface area contributed by atoms with E-state index in [1.165, 1.54) is 17.4 Å². The Morgan fingerprint density at radius 3 is 2.59 bits per heavy atom. The van der Waals surface area contributed by atoms with Gasteiger partial charge in [-0.1, -0.05) is 23.5 Å². The third-order valence-electron chi connectivity index (χ3n) is 6.42. The van der Waals surface area contributed by atoms with Gasteiger partial charge in [0.15, 0.2) is 5.13 Å². The molecule has 0 aliphatic heterocycles. The van der Waals surface area contributed by atoms with Crippen molar-refractivity contribution >= 4 is 45.4 Å². The zero-order chi connectivity index (χ0) is 31.2. The number of halogens is 3. The number of rotatable bonds is 11. The van der Waals surface area contributed by atoms with Gasteiger partial charge in [0.05, 0.1) is 27.5 Å². The molecule has 0 unspecified atom stereocenters. The molecule has 13 heteroatoms. The van der Waals surface area contributed by atoms with Crippen molar-refractivity contribution in [2.75, 3.05) is 48.9 Å². The van der Waals surface area contributed by atoms with Gasteiger partial charge in [-0.3, -0.25) is 4.79 Å². The lowest BCUT2D eigenvalue weighted by Crippen LogP contribution is -2.16. The van der Waals surface area contributed by atoms with E-state index in [-0.39, 0.29) is 11.1 Å². The number of carbonyl (C=O) groups is 1. The average Bonchev–Trinajstić information content (AvgIpc) is 3.39. The van der Waals surface area contributed by atoms with Crippen LogP contribution in [0.5, 0.6) is 0 Å². The van der Waals surface area contributed by atoms with Crippen molar-refractivity contribution in [2.45, 2.75) is 6.42 Å². The zero-order valence-electron chi connectivity index (χ0n) is 23.9. The maximum atomic E-state index is 14.7. The maximum absolute atomic E-state index is 14.7. The minimum atomic E-state index is -0.839. The summed E-state index contributed by atoms with van der Waals surface area (Å²) in [6.45, 7) is 1.54. The summed E-state index contributed by atoms with van der Waals surface area (Å²) in [5.41, 5.74) is 8.52. The van der Waals surface area contributed by atoms with Crippen molar-refractivity contribution in [3.05, 3.63) is 95.9 Å². The Kier molecular flexibility index (Phi) is 9.36. The van der Waals surface area contributed by atoms with E-state index in [2.05, 4.69) is 35.8 Å². The predicted molar refractivity (Wildman–Crippen MR) is 169 cm³/mol. The Bertz CT molecular complexity index is 1800. The number of nitrogens with two attached hydrogens (primary N) is 1. The van der Waals surface area contributed by atoms with Gasteiger partial charge in [-0.05, 0) is 81.7 Å². The molecule has 2 heterocycles. The fourth-order valence-electron chi connectivity index (χ4n) is 4.35. The highest BCUT2D eigenvalue weighted by molar-refractivity contribution is 7.19. The minimum absolute atomic E-state index is 0.240. The monoisotopic (exact) mass is 618 g/mol. The van der Waals surface area contributed by atoms with E-state index in [4.69, 9.17) is 5.73 Å². The lowest BCUT2D eigenvalue weighted by atomic mass is 10.1. The highest BCUT2D eigenvalue weighted by Crippen LogP contribution is 2.38. The molecular formula is C31H29F3N8OS. The molecule has 2 aromatic heterocycles. The highest BCUT2D eigenvalue weighted by Gasteiger charge is 2.18. The van der Waals surface area contributed by atoms with E-state index in [0.717, 1.165) is 31.2 Å². The van der Waals surface area contributed by atoms with Crippen molar-refractivity contribution in [1.82, 2.24) is 19.9 Å². The lowest BCUT2D eigenvalue weighted by molar-refractivity contribution is 0.102. The van der Waals surface area contributed by atoms with Gasteiger partial charge in [-0.25, -0.2) is 28.1 Å². The minimum Gasteiger partial charge on any atom is -0.383 e. The van der Waals surface area contributed by atoms with Crippen LogP contribution in [-0.4, -0.2) is 52.9 Å². The Labute approximate surface area is 256 Å². The molecule has 0 aliphatic carbocycles. The predicted octanol–water partition coefficient (Wildman–Crippen LogP) is 6.63. The molecule has 0 atom stereocenters. The number of aromatic nitrogens is 3. The molecule has 0 bridgehead atoms. The van der Waals surface area contributed by atoms with Gasteiger partial charge < -0.3 is 26.6 Å². The molecule has 1 amide bonds. The quantitative estimate of drug-likeness (QED) is 0.122. The number of thiazole rings is 1. The number of hydrogen-bond donors (Lipinski definition) is 4. The summed E-state index contributed by atoms with van der Waals surface area (Å²) in [6.07, 6.45) is 2.44. The second kappa shape index (κ2) is 13.5. The van der Waals surface area contributed by atoms with Gasteiger partial charge >= 0.3 is 0 Å². The fraction of sp³-hybridized carbons (Fsp3) is 0.161. The summed E-state index contributed by atoms with van der Waals surface area (Å²) in [5, 5.41) is 9.02. The molecule has 5 N–H and O–H groups in total. The van der Waals surface area contributed by atoms with E-state index in [1.54, 1.807) is 48.7 Å². The third-order valence-corrected chi connectivity index (χ3v) is 7.33. The molecule has 0 radical (unpaired) electrons. The Balaban J connectivity index is 1.34. The van der Waals surface area contributed by atoms with Gasteiger partial charge in [-0.2, -0.15) is 0 Å². The van der Waals surface area contributed by atoms with Crippen LogP contribution in [0.4, 0.5) is 41.3 Å². The number of hydrogen-bond acceptors (Lipinski definition) is 9. The SMILES string of the molecule is CN(C)CCCNc1ccc(Nc2nccc(-c3sc(N)nc3-c3cccc(NC(=O)c4cc(F)ccc4F)c3)n2)cc1F.